The third kappa shape index (κ3) is 4.30. The van der Waals surface area contributed by atoms with Gasteiger partial charge in [0.2, 0.25) is 5.95 Å². The van der Waals surface area contributed by atoms with Crippen molar-refractivity contribution >= 4 is 19.7 Å². The van der Waals surface area contributed by atoms with Crippen LogP contribution in [0.15, 0.2) is 6.20 Å². The lowest BCUT2D eigenvalue weighted by Gasteiger charge is -2.26. The van der Waals surface area contributed by atoms with Gasteiger partial charge in [-0.15, -0.1) is 0 Å². The molecule has 0 aromatic carbocycles. The zero-order chi connectivity index (χ0) is 16.2. The van der Waals surface area contributed by atoms with Gasteiger partial charge in [0.1, 0.15) is 0 Å². The molecular formula is C12H21N4O5P. The van der Waals surface area contributed by atoms with Crippen LogP contribution in [-0.2, 0) is 20.4 Å². The van der Waals surface area contributed by atoms with Crippen LogP contribution in [0.25, 0.3) is 0 Å². The molecule has 2 heterocycles. The summed E-state index contributed by atoms with van der Waals surface area (Å²) in [4.78, 5) is 25.3. The van der Waals surface area contributed by atoms with Crippen molar-refractivity contribution in [1.82, 2.24) is 14.6 Å². The molecule has 22 heavy (non-hydrogen) atoms. The SMILES string of the molecule is CCOC(=O)c1cn2c(n1)NC(CNP(=O)(O)OCC)CC2. The number of nitrogens with zero attached hydrogens (tertiary/aromatic N) is 2. The fourth-order valence-corrected chi connectivity index (χ4v) is 3.05. The maximum atomic E-state index is 11.6. The van der Waals surface area contributed by atoms with Gasteiger partial charge >= 0.3 is 13.7 Å². The lowest BCUT2D eigenvalue weighted by molar-refractivity contribution is 0.0520. The molecule has 1 aromatic rings. The van der Waals surface area contributed by atoms with E-state index in [1.807, 2.05) is 4.57 Å². The van der Waals surface area contributed by atoms with Crippen molar-refractivity contribution in [3.63, 3.8) is 0 Å². The molecule has 0 fully saturated rings. The highest BCUT2D eigenvalue weighted by Crippen LogP contribution is 2.36. The van der Waals surface area contributed by atoms with Crippen LogP contribution in [0.5, 0.6) is 0 Å². The Morgan fingerprint density at radius 1 is 1.59 bits per heavy atom. The molecule has 10 heteroatoms. The molecule has 0 aliphatic carbocycles. The molecule has 0 saturated heterocycles. The quantitative estimate of drug-likeness (QED) is 0.500. The van der Waals surface area contributed by atoms with Crippen LogP contribution in [0.3, 0.4) is 0 Å². The lowest BCUT2D eigenvalue weighted by atomic mass is 10.2. The second-order valence-electron chi connectivity index (χ2n) is 4.79. The second-order valence-corrected chi connectivity index (χ2v) is 6.41. The summed E-state index contributed by atoms with van der Waals surface area (Å²) in [7, 11) is -3.75. The van der Waals surface area contributed by atoms with Gasteiger partial charge in [-0.2, -0.15) is 0 Å². The van der Waals surface area contributed by atoms with Gasteiger partial charge in [-0.3, -0.25) is 4.52 Å². The Labute approximate surface area is 128 Å². The predicted octanol–water partition coefficient (Wildman–Crippen LogP) is 0.970. The van der Waals surface area contributed by atoms with Crippen LogP contribution in [0, 0.1) is 0 Å². The summed E-state index contributed by atoms with van der Waals surface area (Å²) in [6.45, 7) is 4.76. The standard InChI is InChI=1S/C12H21N4O5P/c1-3-20-11(17)10-8-16-6-5-9(14-12(16)15-10)7-13-22(18,19)21-4-2/h8-9H,3-7H2,1-2H3,(H,14,15)(H2,13,18,19). The van der Waals surface area contributed by atoms with Gasteiger partial charge in [0, 0.05) is 25.3 Å². The van der Waals surface area contributed by atoms with Gasteiger partial charge in [0.05, 0.1) is 13.2 Å². The summed E-state index contributed by atoms with van der Waals surface area (Å²) >= 11 is 0. The van der Waals surface area contributed by atoms with Crippen molar-refractivity contribution in [2.45, 2.75) is 32.9 Å². The van der Waals surface area contributed by atoms with E-state index in [0.29, 0.717) is 19.1 Å². The molecule has 0 amide bonds. The summed E-state index contributed by atoms with van der Waals surface area (Å²) < 4.78 is 23.1. The fraction of sp³-hybridized carbons (Fsp3) is 0.667. The first-order valence-corrected chi connectivity index (χ1v) is 8.76. The first kappa shape index (κ1) is 17.0. The number of aryl methyl sites for hydroxylation is 1. The second kappa shape index (κ2) is 7.23. The van der Waals surface area contributed by atoms with E-state index in [4.69, 9.17) is 9.26 Å². The van der Waals surface area contributed by atoms with Crippen molar-refractivity contribution in [1.29, 1.82) is 0 Å². The number of hydrogen-bond donors (Lipinski definition) is 3. The molecule has 1 aliphatic heterocycles. The molecule has 2 atom stereocenters. The number of nitrogens with one attached hydrogen (secondary N) is 2. The van der Waals surface area contributed by atoms with Gasteiger partial charge in [0.15, 0.2) is 5.69 Å². The van der Waals surface area contributed by atoms with Crippen LogP contribution in [0.4, 0.5) is 5.95 Å². The molecule has 2 unspecified atom stereocenters. The van der Waals surface area contributed by atoms with E-state index in [1.165, 1.54) is 0 Å². The molecule has 3 N–H and O–H groups in total. The molecular weight excluding hydrogens is 311 g/mol. The van der Waals surface area contributed by atoms with Crippen molar-refractivity contribution in [3.8, 4) is 0 Å². The summed E-state index contributed by atoms with van der Waals surface area (Å²) in [6.07, 6.45) is 2.37. The van der Waals surface area contributed by atoms with Crippen LogP contribution in [-0.4, -0.2) is 46.2 Å². The Balaban J connectivity index is 1.94. The number of rotatable bonds is 7. The van der Waals surface area contributed by atoms with Crippen LogP contribution < -0.4 is 10.4 Å². The Morgan fingerprint density at radius 3 is 3.05 bits per heavy atom. The fourth-order valence-electron chi connectivity index (χ4n) is 2.15. The number of esters is 1. The van der Waals surface area contributed by atoms with Crippen molar-refractivity contribution in [2.24, 2.45) is 0 Å². The molecule has 0 radical (unpaired) electrons. The maximum Gasteiger partial charge on any atom is 0.402 e. The maximum absolute atomic E-state index is 11.6. The van der Waals surface area contributed by atoms with E-state index in [9.17, 15) is 14.3 Å². The van der Waals surface area contributed by atoms with Gasteiger partial charge in [0.25, 0.3) is 0 Å². The summed E-state index contributed by atoms with van der Waals surface area (Å²) in [5.74, 6) is 0.0855. The van der Waals surface area contributed by atoms with Crippen molar-refractivity contribution in [3.05, 3.63) is 11.9 Å². The number of carbonyl (C=O) groups excluding carboxylic acids is 1. The number of anilines is 1. The normalized spacial score (nSPS) is 19.9. The molecule has 1 aliphatic rings. The summed E-state index contributed by atoms with van der Waals surface area (Å²) in [6, 6.07) is -0.0779. The largest absolute Gasteiger partial charge is 0.461 e. The van der Waals surface area contributed by atoms with Crippen molar-refractivity contribution < 1.29 is 23.5 Å². The predicted molar refractivity (Wildman–Crippen MR) is 79.7 cm³/mol. The summed E-state index contributed by atoms with van der Waals surface area (Å²) in [5.41, 5.74) is 0.250. The van der Waals surface area contributed by atoms with E-state index in [0.717, 1.165) is 6.42 Å². The first-order chi connectivity index (χ1) is 10.4. The monoisotopic (exact) mass is 332 g/mol. The van der Waals surface area contributed by atoms with Gasteiger partial charge in [-0.1, -0.05) is 0 Å². The molecule has 0 spiro atoms. The zero-order valence-corrected chi connectivity index (χ0v) is 13.5. The number of ether oxygens (including phenoxy) is 1. The lowest BCUT2D eigenvalue weighted by Crippen LogP contribution is -2.36. The smallest absolute Gasteiger partial charge is 0.402 e. The topological polar surface area (TPSA) is 115 Å². The van der Waals surface area contributed by atoms with Gasteiger partial charge in [-0.05, 0) is 20.3 Å². The van der Waals surface area contributed by atoms with Crippen molar-refractivity contribution in [2.75, 3.05) is 25.1 Å². The molecule has 0 saturated carbocycles. The Hall–Kier alpha value is -1.41. The average molecular weight is 332 g/mol. The van der Waals surface area contributed by atoms with Gasteiger partial charge < -0.3 is 19.5 Å². The molecule has 0 bridgehead atoms. The molecule has 124 valence electrons. The number of imidazole rings is 1. The average Bonchev–Trinajstić information content (AvgIpc) is 2.88. The molecule has 9 nitrogen and oxygen atoms in total. The van der Waals surface area contributed by atoms with E-state index in [2.05, 4.69) is 15.4 Å². The van der Waals surface area contributed by atoms with Crippen LogP contribution >= 0.6 is 7.75 Å². The minimum Gasteiger partial charge on any atom is -0.461 e. The Bertz CT molecular complexity index is 576. The Morgan fingerprint density at radius 2 is 2.36 bits per heavy atom. The molecule has 1 aromatic heterocycles. The highest BCUT2D eigenvalue weighted by atomic mass is 31.2. The van der Waals surface area contributed by atoms with Crippen LogP contribution in [0.2, 0.25) is 0 Å². The van der Waals surface area contributed by atoms with Gasteiger partial charge in [-0.25, -0.2) is 19.4 Å². The van der Waals surface area contributed by atoms with E-state index in [-0.39, 0.29) is 24.9 Å². The Kier molecular flexibility index (Phi) is 5.57. The third-order valence-electron chi connectivity index (χ3n) is 3.15. The van der Waals surface area contributed by atoms with E-state index >= 15 is 0 Å². The molecule has 2 rings (SSSR count). The minimum atomic E-state index is -3.75. The first-order valence-electron chi connectivity index (χ1n) is 7.18. The highest BCUT2D eigenvalue weighted by molar-refractivity contribution is 7.50. The number of hydrogen-bond acceptors (Lipinski definition) is 6. The van der Waals surface area contributed by atoms with Crippen LogP contribution in [0.1, 0.15) is 30.8 Å². The third-order valence-corrected chi connectivity index (χ3v) is 4.34. The number of aromatic nitrogens is 2. The van der Waals surface area contributed by atoms with E-state index in [1.54, 1.807) is 20.0 Å². The number of carbonyl (C=O) groups is 1. The van der Waals surface area contributed by atoms with E-state index < -0.39 is 13.7 Å². The zero-order valence-electron chi connectivity index (χ0n) is 12.6. The summed E-state index contributed by atoms with van der Waals surface area (Å²) in [5, 5.41) is 5.63. The minimum absolute atomic E-state index is 0.0779. The number of fused-ring (bicyclic) bond motifs is 1. The highest BCUT2D eigenvalue weighted by Gasteiger charge is 2.25.